The van der Waals surface area contributed by atoms with Gasteiger partial charge in [0.2, 0.25) is 17.7 Å². The first-order valence-electron chi connectivity index (χ1n) is 24.6. The Hall–Kier alpha value is -4.82. The lowest BCUT2D eigenvalue weighted by atomic mass is 9.90. The lowest BCUT2D eigenvalue weighted by Crippen LogP contribution is -2.41. The zero-order valence-corrected chi connectivity index (χ0v) is 41.0. The topological polar surface area (TPSA) is 271 Å². The largest absolute Gasteiger partial charge is 0.494 e. The number of hydrogen-bond acceptors (Lipinski definition) is 14. The van der Waals surface area contributed by atoms with E-state index in [1.807, 2.05) is 6.92 Å². The smallest absolute Gasteiger partial charge is 0.335 e. The minimum atomic E-state index is -1.18. The maximum Gasteiger partial charge on any atom is 0.335 e. The van der Waals surface area contributed by atoms with Gasteiger partial charge in [-0.15, -0.1) is 0 Å². The van der Waals surface area contributed by atoms with Crippen LogP contribution in [-0.2, 0) is 52.5 Å². The average Bonchev–Trinajstić information content (AvgIpc) is 3.32. The maximum atomic E-state index is 12.4. The summed E-state index contributed by atoms with van der Waals surface area (Å²) in [5, 5.41) is 29.0. The SMILES string of the molecule is [CH]N[C@@H](CCC)C(=O)CC[C@@H](CCCCNC(=O)COCCOCCNC(=O)COCCOCCCC(=O)CC[C@H](NC(=O)CCCCCCCCCOc1ccc(C(=O)O)cc1)C(=O)O)C(C)=O. The van der Waals surface area contributed by atoms with Gasteiger partial charge in [-0.3, -0.25) is 28.8 Å². The summed E-state index contributed by atoms with van der Waals surface area (Å²) in [4.78, 5) is 95.8. The zero-order chi connectivity index (χ0) is 50.9. The second kappa shape index (κ2) is 41.0. The highest BCUT2D eigenvalue weighted by atomic mass is 16.5. The molecule has 1 rings (SSSR count). The van der Waals surface area contributed by atoms with Crippen LogP contribution in [0.4, 0.5) is 0 Å². The fraction of sp³-hybridized carbons (Fsp3) is 0.700. The number of aliphatic carboxylic acids is 1. The number of hydrogen-bond donors (Lipinski definition) is 6. The first-order valence-corrected chi connectivity index (χ1v) is 24.6. The van der Waals surface area contributed by atoms with Gasteiger partial charge in [0.1, 0.15) is 42.4 Å². The first-order chi connectivity index (χ1) is 33.3. The number of carboxylic acids is 2. The summed E-state index contributed by atoms with van der Waals surface area (Å²) >= 11 is 0. The van der Waals surface area contributed by atoms with E-state index in [0.29, 0.717) is 63.8 Å². The van der Waals surface area contributed by atoms with Gasteiger partial charge >= 0.3 is 11.9 Å². The second-order valence-corrected chi connectivity index (χ2v) is 16.9. The van der Waals surface area contributed by atoms with E-state index < -0.39 is 18.0 Å². The molecule has 2 radical (unpaired) electrons. The summed E-state index contributed by atoms with van der Waals surface area (Å²) in [7, 11) is 5.48. The van der Waals surface area contributed by atoms with Crippen LogP contribution in [0.1, 0.15) is 146 Å². The van der Waals surface area contributed by atoms with Crippen molar-refractivity contribution >= 4 is 47.0 Å². The highest BCUT2D eigenvalue weighted by molar-refractivity contribution is 5.88. The van der Waals surface area contributed by atoms with Crippen molar-refractivity contribution < 1.29 is 72.3 Å². The number of amides is 3. The molecule has 0 bridgehead atoms. The second-order valence-electron chi connectivity index (χ2n) is 16.9. The summed E-state index contributed by atoms with van der Waals surface area (Å²) in [5.74, 6) is -2.72. The first kappa shape index (κ1) is 62.2. The number of Topliss-reactive ketones (excluding diaryl/α,β-unsaturated/α-hetero) is 3. The number of carboxylic acid groups (broad SMARTS) is 2. The molecular weight excluding hydrogens is 897 g/mol. The van der Waals surface area contributed by atoms with E-state index in [4.69, 9.17) is 35.8 Å². The predicted molar refractivity (Wildman–Crippen MR) is 257 cm³/mol. The summed E-state index contributed by atoms with van der Waals surface area (Å²) in [6.45, 7) is 5.86. The highest BCUT2D eigenvalue weighted by Gasteiger charge is 2.22. The van der Waals surface area contributed by atoms with Crippen molar-refractivity contribution in [2.75, 3.05) is 72.6 Å². The number of nitrogens with one attached hydrogen (secondary N) is 4. The molecule has 6 N–H and O–H groups in total. The number of ketones is 3. The van der Waals surface area contributed by atoms with Gasteiger partial charge in [0.05, 0.1) is 51.2 Å². The van der Waals surface area contributed by atoms with Gasteiger partial charge in [-0.2, -0.15) is 0 Å². The summed E-state index contributed by atoms with van der Waals surface area (Å²) < 4.78 is 27.2. The molecule has 0 aliphatic carbocycles. The molecule has 19 nitrogen and oxygen atoms in total. The van der Waals surface area contributed by atoms with Crippen molar-refractivity contribution in [3.05, 3.63) is 36.9 Å². The van der Waals surface area contributed by atoms with Crippen molar-refractivity contribution in [3.63, 3.8) is 0 Å². The third-order valence-electron chi connectivity index (χ3n) is 11.1. The number of aromatic carboxylic acids is 1. The van der Waals surface area contributed by atoms with Gasteiger partial charge in [-0.25, -0.2) is 9.59 Å². The van der Waals surface area contributed by atoms with E-state index in [0.717, 1.165) is 51.4 Å². The quantitative estimate of drug-likeness (QED) is 0.0369. The normalized spacial score (nSPS) is 12.4. The number of rotatable bonds is 47. The van der Waals surface area contributed by atoms with Crippen LogP contribution < -0.4 is 26.0 Å². The fourth-order valence-electron chi connectivity index (χ4n) is 7.03. The van der Waals surface area contributed by atoms with Crippen LogP contribution in [0.5, 0.6) is 5.75 Å². The molecule has 19 heteroatoms. The number of benzene rings is 1. The molecule has 0 aliphatic rings. The lowest BCUT2D eigenvalue weighted by molar-refractivity contribution is -0.142. The molecule has 390 valence electrons. The van der Waals surface area contributed by atoms with Crippen LogP contribution in [0.2, 0.25) is 0 Å². The van der Waals surface area contributed by atoms with Crippen LogP contribution in [0.3, 0.4) is 0 Å². The third kappa shape index (κ3) is 34.2. The summed E-state index contributed by atoms with van der Waals surface area (Å²) in [6.07, 6.45) is 11.6. The molecule has 0 saturated carbocycles. The van der Waals surface area contributed by atoms with E-state index in [2.05, 4.69) is 21.3 Å². The number of ether oxygens (including phenoxy) is 5. The van der Waals surface area contributed by atoms with Crippen LogP contribution in [0.25, 0.3) is 0 Å². The average molecular weight is 977 g/mol. The number of unbranched alkanes of at least 4 members (excludes halogenated alkanes) is 7. The Morgan fingerprint density at radius 3 is 1.78 bits per heavy atom. The molecule has 69 heavy (non-hydrogen) atoms. The number of carbonyl (C=O) groups excluding carboxylic acids is 6. The van der Waals surface area contributed by atoms with Crippen LogP contribution in [-0.4, -0.2) is 142 Å². The standard InChI is InChI=1S/C50H80N4O15/c1-4-15-43(51-3)45(57)26-21-39(38(2)55)16-11-12-27-52-47(59)36-68-35-33-66-31-28-53-48(60)37-67-34-32-65-29-14-17-41(56)22-25-44(50(63)64)54-46(58)18-10-8-6-5-7-9-13-30-69-42-23-19-40(20-24-42)49(61)62/h3,19-20,23-24,39,43-44,51H,4-18,21-22,25-37H2,1-2H3,(H,52,59)(H,53,60)(H,54,58)(H,61,62)(H,63,64)/t39-,43+,44+/m1/s1. The third-order valence-corrected chi connectivity index (χ3v) is 11.1. The zero-order valence-electron chi connectivity index (χ0n) is 41.0. The molecular formula is C50H80N4O15. The highest BCUT2D eigenvalue weighted by Crippen LogP contribution is 2.18. The number of carbonyl (C=O) groups is 8. The molecule has 1 aromatic rings. The molecule has 0 unspecified atom stereocenters. The van der Waals surface area contributed by atoms with Crippen LogP contribution in [0.15, 0.2) is 24.3 Å². The molecule has 0 aromatic heterocycles. The van der Waals surface area contributed by atoms with Crippen molar-refractivity contribution in [1.29, 1.82) is 0 Å². The summed E-state index contributed by atoms with van der Waals surface area (Å²) in [6, 6.07) is 4.78. The van der Waals surface area contributed by atoms with E-state index in [-0.39, 0.29) is 138 Å². The predicted octanol–water partition coefficient (Wildman–Crippen LogP) is 5.03. The van der Waals surface area contributed by atoms with E-state index in [9.17, 15) is 43.5 Å². The van der Waals surface area contributed by atoms with Crippen molar-refractivity contribution in [2.45, 2.75) is 148 Å². The Kier molecular flexibility index (Phi) is 37.0. The molecule has 0 heterocycles. The van der Waals surface area contributed by atoms with Crippen LogP contribution in [0, 0.1) is 13.0 Å². The Labute approximate surface area is 408 Å². The van der Waals surface area contributed by atoms with Crippen molar-refractivity contribution in [3.8, 4) is 5.75 Å². The van der Waals surface area contributed by atoms with Gasteiger partial charge < -0.3 is 55.2 Å². The molecule has 1 aromatic carbocycles. The van der Waals surface area contributed by atoms with Crippen LogP contribution >= 0.6 is 0 Å². The molecule has 0 saturated heterocycles. The Bertz CT molecular complexity index is 1630. The fourth-order valence-corrected chi connectivity index (χ4v) is 7.03. The monoisotopic (exact) mass is 977 g/mol. The van der Waals surface area contributed by atoms with E-state index >= 15 is 0 Å². The molecule has 3 atom stereocenters. The van der Waals surface area contributed by atoms with Gasteiger partial charge in [0.25, 0.3) is 0 Å². The minimum absolute atomic E-state index is 0.00591. The van der Waals surface area contributed by atoms with Gasteiger partial charge in [0.15, 0.2) is 0 Å². The molecule has 0 spiro atoms. The van der Waals surface area contributed by atoms with Gasteiger partial charge in [0, 0.05) is 58.3 Å². The summed E-state index contributed by atoms with van der Waals surface area (Å²) in [5.41, 5.74) is 0.214. The van der Waals surface area contributed by atoms with Gasteiger partial charge in [-0.05, 0) is 82.6 Å². The minimum Gasteiger partial charge on any atom is -0.494 e. The molecule has 0 fully saturated rings. The lowest BCUT2D eigenvalue weighted by Gasteiger charge is -2.17. The Morgan fingerprint density at radius 1 is 0.565 bits per heavy atom. The Balaban J connectivity index is 1.96. The maximum absolute atomic E-state index is 12.4. The molecule has 3 amide bonds. The van der Waals surface area contributed by atoms with E-state index in [1.165, 1.54) is 19.1 Å². The van der Waals surface area contributed by atoms with Gasteiger partial charge in [-0.1, -0.05) is 51.9 Å². The Morgan fingerprint density at radius 2 is 1.17 bits per heavy atom. The van der Waals surface area contributed by atoms with E-state index in [1.54, 1.807) is 12.1 Å². The van der Waals surface area contributed by atoms with Crippen molar-refractivity contribution in [2.24, 2.45) is 5.92 Å². The van der Waals surface area contributed by atoms with Crippen molar-refractivity contribution in [1.82, 2.24) is 21.3 Å². The molecule has 0 aliphatic heterocycles.